The number of nitrogens with two attached hydrogens (primary N) is 1. The van der Waals surface area contributed by atoms with Crippen LogP contribution < -0.4 is 11.1 Å². The van der Waals surface area contributed by atoms with Gasteiger partial charge < -0.3 is 16.2 Å². The van der Waals surface area contributed by atoms with Crippen LogP contribution in [0.3, 0.4) is 0 Å². The van der Waals surface area contributed by atoms with E-state index in [1.54, 1.807) is 30.3 Å². The highest BCUT2D eigenvalue weighted by Crippen LogP contribution is 2.37. The lowest BCUT2D eigenvalue weighted by Crippen LogP contribution is -2.37. The zero-order chi connectivity index (χ0) is 27.7. The first-order chi connectivity index (χ1) is 18.6. The van der Waals surface area contributed by atoms with Crippen molar-refractivity contribution < 1.29 is 23.1 Å². The molecule has 1 saturated carbocycles. The van der Waals surface area contributed by atoms with E-state index in [0.29, 0.717) is 17.2 Å². The van der Waals surface area contributed by atoms with Gasteiger partial charge in [0.05, 0.1) is 17.3 Å². The highest BCUT2D eigenvalue weighted by molar-refractivity contribution is 6.03. The van der Waals surface area contributed by atoms with Crippen LogP contribution in [0.25, 0.3) is 5.69 Å². The van der Waals surface area contributed by atoms with Crippen LogP contribution in [0.5, 0.6) is 0 Å². The van der Waals surface area contributed by atoms with E-state index in [0.717, 1.165) is 23.1 Å². The summed E-state index contributed by atoms with van der Waals surface area (Å²) in [5, 5.41) is 26.4. The predicted octanol–water partition coefficient (Wildman–Crippen LogP) is 5.30. The minimum absolute atomic E-state index is 0.101. The summed E-state index contributed by atoms with van der Waals surface area (Å²) in [6, 6.07) is 22.5. The number of nitrogens with one attached hydrogen (secondary N) is 1. The van der Waals surface area contributed by atoms with Crippen molar-refractivity contribution in [3.05, 3.63) is 113 Å². The first kappa shape index (κ1) is 26.2. The average Bonchev–Trinajstić information content (AvgIpc) is 3.39. The second-order valence-electron chi connectivity index (χ2n) is 9.49. The molecule has 0 saturated heterocycles. The molecule has 1 aliphatic rings. The molecular formula is C29H24F3N5O2. The number of hydrogen-bond donors (Lipinski definition) is 3. The summed E-state index contributed by atoms with van der Waals surface area (Å²) in [5.41, 5.74) is 7.33. The second kappa shape index (κ2) is 10.4. The Morgan fingerprint density at radius 3 is 2.44 bits per heavy atom. The molecule has 4 aromatic rings. The molecule has 3 unspecified atom stereocenters. The van der Waals surface area contributed by atoms with E-state index in [2.05, 4.69) is 10.4 Å². The summed E-state index contributed by atoms with van der Waals surface area (Å²) in [5.74, 6) is -0.587. The van der Waals surface area contributed by atoms with Crippen molar-refractivity contribution >= 4 is 11.6 Å². The maximum atomic E-state index is 13.5. The van der Waals surface area contributed by atoms with Crippen molar-refractivity contribution in [2.45, 2.75) is 37.1 Å². The fourth-order valence-corrected chi connectivity index (χ4v) is 4.66. The molecule has 1 fully saturated rings. The molecule has 0 radical (unpaired) electrons. The lowest BCUT2D eigenvalue weighted by atomic mass is 9.75. The van der Waals surface area contributed by atoms with Gasteiger partial charge in [-0.15, -0.1) is 0 Å². The molecule has 198 valence electrons. The van der Waals surface area contributed by atoms with Crippen LogP contribution >= 0.6 is 0 Å². The Bertz CT molecular complexity index is 1570. The Morgan fingerprint density at radius 2 is 1.77 bits per heavy atom. The minimum Gasteiger partial charge on any atom is -0.384 e. The van der Waals surface area contributed by atoms with Crippen LogP contribution in [0, 0.1) is 11.3 Å². The van der Waals surface area contributed by atoms with Crippen molar-refractivity contribution in [3.63, 3.8) is 0 Å². The number of halogens is 3. The monoisotopic (exact) mass is 531 g/mol. The molecule has 1 heterocycles. The van der Waals surface area contributed by atoms with Crippen LogP contribution in [-0.4, -0.2) is 26.8 Å². The van der Waals surface area contributed by atoms with Crippen molar-refractivity contribution in [1.29, 1.82) is 5.26 Å². The summed E-state index contributed by atoms with van der Waals surface area (Å²) >= 11 is 0. The smallest absolute Gasteiger partial charge is 0.384 e. The molecule has 0 aliphatic heterocycles. The number of rotatable bonds is 6. The van der Waals surface area contributed by atoms with E-state index in [9.17, 15) is 28.3 Å². The third kappa shape index (κ3) is 5.41. The fraction of sp³-hybridized carbons (Fsp3) is 0.207. The molecule has 0 bridgehead atoms. The Hall–Kier alpha value is -4.46. The van der Waals surface area contributed by atoms with Crippen molar-refractivity contribution in [1.82, 2.24) is 9.78 Å². The van der Waals surface area contributed by atoms with Crippen LogP contribution in [0.1, 0.15) is 63.3 Å². The quantitative estimate of drug-likeness (QED) is 0.312. The van der Waals surface area contributed by atoms with Crippen LogP contribution in [-0.2, 0) is 6.18 Å². The number of aliphatic hydroxyl groups is 1. The maximum absolute atomic E-state index is 13.5. The first-order valence-corrected chi connectivity index (χ1v) is 12.3. The van der Waals surface area contributed by atoms with Crippen molar-refractivity contribution in [2.75, 3.05) is 5.32 Å². The van der Waals surface area contributed by atoms with Gasteiger partial charge in [0.15, 0.2) is 5.69 Å². The summed E-state index contributed by atoms with van der Waals surface area (Å²) in [7, 11) is 0. The van der Waals surface area contributed by atoms with Crippen LogP contribution in [0.2, 0.25) is 0 Å². The van der Waals surface area contributed by atoms with E-state index in [4.69, 9.17) is 5.73 Å². The summed E-state index contributed by atoms with van der Waals surface area (Å²) < 4.78 is 41.3. The zero-order valence-electron chi connectivity index (χ0n) is 20.6. The van der Waals surface area contributed by atoms with Crippen LogP contribution in [0.4, 0.5) is 18.9 Å². The number of carbonyl (C=O) groups is 1. The Kier molecular flexibility index (Phi) is 6.95. The highest BCUT2D eigenvalue weighted by atomic mass is 19.4. The number of anilines is 1. The third-order valence-corrected chi connectivity index (χ3v) is 6.89. The highest BCUT2D eigenvalue weighted by Gasteiger charge is 2.36. The van der Waals surface area contributed by atoms with Gasteiger partial charge in [0, 0.05) is 17.8 Å². The molecule has 0 spiro atoms. The summed E-state index contributed by atoms with van der Waals surface area (Å²) in [4.78, 5) is 13.2. The molecule has 1 aliphatic carbocycles. The normalized spacial score (nSPS) is 17.6. The van der Waals surface area contributed by atoms with Crippen LogP contribution in [0.15, 0.2) is 78.9 Å². The lowest BCUT2D eigenvalue weighted by molar-refractivity contribution is -0.141. The van der Waals surface area contributed by atoms with E-state index >= 15 is 0 Å². The van der Waals surface area contributed by atoms with Crippen molar-refractivity contribution in [2.24, 2.45) is 5.73 Å². The average molecular weight is 532 g/mol. The van der Waals surface area contributed by atoms with Gasteiger partial charge in [-0.3, -0.25) is 4.79 Å². The van der Waals surface area contributed by atoms with Gasteiger partial charge in [0.25, 0.3) is 5.91 Å². The number of amides is 1. The Labute approximate surface area is 222 Å². The van der Waals surface area contributed by atoms with E-state index in [-0.39, 0.29) is 34.6 Å². The number of aliphatic hydroxyl groups excluding tert-OH is 1. The fourth-order valence-electron chi connectivity index (χ4n) is 4.66. The summed E-state index contributed by atoms with van der Waals surface area (Å²) in [6.45, 7) is 0. The number of alkyl halides is 3. The Morgan fingerprint density at radius 1 is 1.05 bits per heavy atom. The second-order valence-corrected chi connectivity index (χ2v) is 9.49. The first-order valence-electron chi connectivity index (χ1n) is 12.3. The maximum Gasteiger partial charge on any atom is 0.435 e. The van der Waals surface area contributed by atoms with E-state index < -0.39 is 23.9 Å². The molecule has 5 rings (SSSR count). The van der Waals surface area contributed by atoms with Gasteiger partial charge in [-0.1, -0.05) is 42.5 Å². The lowest BCUT2D eigenvalue weighted by Gasteiger charge is -2.34. The SMILES string of the molecule is N#Cc1cccc(-n2nc(C(F)(F)F)cc2C(=O)Nc2cccc(C(O)c3cccc(C4CCC4N)c3)c2)c1. The molecule has 39 heavy (non-hydrogen) atoms. The molecule has 3 aromatic carbocycles. The Balaban J connectivity index is 1.42. The largest absolute Gasteiger partial charge is 0.435 e. The van der Waals surface area contributed by atoms with Gasteiger partial charge in [0.2, 0.25) is 0 Å². The van der Waals surface area contributed by atoms with Gasteiger partial charge in [-0.2, -0.15) is 23.5 Å². The number of carbonyl (C=O) groups excluding carboxylic acids is 1. The molecule has 3 atom stereocenters. The number of nitrogens with zero attached hydrogens (tertiary/aromatic N) is 3. The van der Waals surface area contributed by atoms with Crippen molar-refractivity contribution in [3.8, 4) is 11.8 Å². The molecule has 7 nitrogen and oxygen atoms in total. The molecule has 10 heteroatoms. The standard InChI is InChI=1S/C29H24F3N5O2/c30-29(31,32)26-15-25(37(36-26)22-9-1-4-17(12-22)16-33)28(39)35-21-8-3-7-20(14-21)27(38)19-6-2-5-18(13-19)23-10-11-24(23)34/h1-9,12-15,23-24,27,38H,10-11,34H2,(H,35,39). The van der Waals surface area contributed by atoms with Gasteiger partial charge >= 0.3 is 6.18 Å². The third-order valence-electron chi connectivity index (χ3n) is 6.89. The molecular weight excluding hydrogens is 507 g/mol. The van der Waals surface area contributed by atoms with E-state index in [1.165, 1.54) is 24.3 Å². The number of hydrogen-bond acceptors (Lipinski definition) is 5. The van der Waals surface area contributed by atoms with Gasteiger partial charge in [-0.05, 0) is 65.8 Å². The molecule has 4 N–H and O–H groups in total. The molecule has 1 amide bonds. The summed E-state index contributed by atoms with van der Waals surface area (Å²) in [6.07, 6.45) is -3.81. The number of aromatic nitrogens is 2. The topological polar surface area (TPSA) is 117 Å². The number of benzene rings is 3. The number of nitriles is 1. The predicted molar refractivity (Wildman–Crippen MR) is 138 cm³/mol. The van der Waals surface area contributed by atoms with Gasteiger partial charge in [0.1, 0.15) is 11.8 Å². The van der Waals surface area contributed by atoms with Gasteiger partial charge in [-0.25, -0.2) is 4.68 Å². The van der Waals surface area contributed by atoms with E-state index in [1.807, 2.05) is 24.3 Å². The zero-order valence-corrected chi connectivity index (χ0v) is 20.6. The molecule has 1 aromatic heterocycles. The minimum atomic E-state index is -4.78.